The summed E-state index contributed by atoms with van der Waals surface area (Å²) in [5.74, 6) is 2.76. The van der Waals surface area contributed by atoms with Crippen molar-refractivity contribution in [3.8, 4) is 11.5 Å². The minimum absolute atomic E-state index is 0.228. The summed E-state index contributed by atoms with van der Waals surface area (Å²) in [6.45, 7) is 21.2. The second-order valence-electron chi connectivity index (χ2n) is 11.5. The van der Waals surface area contributed by atoms with E-state index in [0.717, 1.165) is 29.5 Å². The molecular weight excluding hydrogens is 480 g/mol. The first-order valence-electron chi connectivity index (χ1n) is 13.4. The van der Waals surface area contributed by atoms with E-state index in [9.17, 15) is 0 Å². The third-order valence-corrected chi connectivity index (χ3v) is 8.89. The minimum Gasteiger partial charge on any atom is -0.484 e. The molecular formula is C31H52O5Si. The predicted octanol–water partition coefficient (Wildman–Crippen LogP) is 7.84. The van der Waals surface area contributed by atoms with Crippen molar-refractivity contribution in [3.63, 3.8) is 0 Å². The fourth-order valence-corrected chi connectivity index (χ4v) is 5.53. The van der Waals surface area contributed by atoms with Crippen molar-refractivity contribution in [2.24, 2.45) is 0 Å². The average Bonchev–Trinajstić information content (AvgIpc) is 2.84. The second-order valence-corrected chi connectivity index (χ2v) is 14.5. The SMILES string of the molecule is CCC(C)c1ccc(OC(C)(C)C)c(OC(C)(C)C)c1.CCC(C)c1ccc([Si](OC)(OC)OC)cc1. The Morgan fingerprint density at radius 2 is 1.03 bits per heavy atom. The lowest BCUT2D eigenvalue weighted by Gasteiger charge is -2.28. The zero-order chi connectivity index (χ0) is 28.4. The van der Waals surface area contributed by atoms with Crippen molar-refractivity contribution in [1.82, 2.24) is 0 Å². The molecule has 0 heterocycles. The monoisotopic (exact) mass is 532 g/mol. The Kier molecular flexibility index (Phi) is 12.8. The molecule has 2 unspecified atom stereocenters. The van der Waals surface area contributed by atoms with Gasteiger partial charge in [0.25, 0.3) is 0 Å². The third kappa shape index (κ3) is 10.4. The Morgan fingerprint density at radius 3 is 1.43 bits per heavy atom. The Balaban J connectivity index is 0.000000375. The largest absolute Gasteiger partial charge is 0.536 e. The highest BCUT2D eigenvalue weighted by Crippen LogP contribution is 2.36. The number of ether oxygens (including phenoxy) is 2. The number of hydrogen-bond acceptors (Lipinski definition) is 5. The summed E-state index contributed by atoms with van der Waals surface area (Å²) in [6.07, 6.45) is 2.26. The summed E-state index contributed by atoms with van der Waals surface area (Å²) in [4.78, 5) is 0. The summed E-state index contributed by atoms with van der Waals surface area (Å²) in [7, 11) is 2.22. The number of hydrogen-bond donors (Lipinski definition) is 0. The molecule has 6 heteroatoms. The standard InChI is InChI=1S/C18H30O2.C13H22O3Si/c1-9-13(2)14-10-11-15(19-17(3,4)5)16(12-14)20-18(6,7)8;1-6-11(2)12-7-9-13(10-8-12)17(14-3,15-4)16-5/h10-13H,9H2,1-8H3;7-11H,6H2,1-5H3. The molecule has 2 atom stereocenters. The lowest BCUT2D eigenvalue weighted by molar-refractivity contribution is 0.0956. The van der Waals surface area contributed by atoms with Gasteiger partial charge in [-0.15, -0.1) is 0 Å². The van der Waals surface area contributed by atoms with Gasteiger partial charge in [0.15, 0.2) is 11.5 Å². The van der Waals surface area contributed by atoms with Crippen molar-refractivity contribution in [3.05, 3.63) is 53.6 Å². The van der Waals surface area contributed by atoms with Crippen LogP contribution in [0.2, 0.25) is 0 Å². The Bertz CT molecular complexity index is 916. The highest BCUT2D eigenvalue weighted by atomic mass is 28.4. The third-order valence-electron chi connectivity index (χ3n) is 6.23. The van der Waals surface area contributed by atoms with Gasteiger partial charge in [-0.3, -0.25) is 0 Å². The van der Waals surface area contributed by atoms with Gasteiger partial charge in [-0.25, -0.2) is 0 Å². The van der Waals surface area contributed by atoms with Crippen LogP contribution in [0.3, 0.4) is 0 Å². The first kappa shape index (κ1) is 33.2. The van der Waals surface area contributed by atoms with E-state index in [-0.39, 0.29) is 11.2 Å². The van der Waals surface area contributed by atoms with Crippen LogP contribution in [-0.4, -0.2) is 41.3 Å². The van der Waals surface area contributed by atoms with Gasteiger partial charge >= 0.3 is 8.80 Å². The molecule has 2 rings (SSSR count). The molecule has 0 spiro atoms. The van der Waals surface area contributed by atoms with Gasteiger partial charge in [0, 0.05) is 26.5 Å². The molecule has 0 saturated heterocycles. The van der Waals surface area contributed by atoms with Gasteiger partial charge in [-0.1, -0.05) is 58.0 Å². The fourth-order valence-electron chi connectivity index (χ4n) is 3.75. The van der Waals surface area contributed by atoms with Crippen molar-refractivity contribution in [1.29, 1.82) is 0 Å². The maximum absolute atomic E-state index is 6.09. The first-order valence-corrected chi connectivity index (χ1v) is 15.2. The second kappa shape index (κ2) is 14.3. The summed E-state index contributed by atoms with van der Waals surface area (Å²) in [5, 5.41) is 0.997. The predicted molar refractivity (Wildman–Crippen MR) is 157 cm³/mol. The molecule has 0 aliphatic heterocycles. The minimum atomic E-state index is -2.66. The normalized spacial score (nSPS) is 13.9. The quantitative estimate of drug-likeness (QED) is 0.292. The summed E-state index contributed by atoms with van der Waals surface area (Å²) < 4.78 is 28.4. The van der Waals surface area contributed by atoms with Crippen LogP contribution < -0.4 is 14.7 Å². The van der Waals surface area contributed by atoms with E-state index in [1.807, 2.05) is 18.2 Å². The molecule has 210 valence electrons. The number of benzene rings is 2. The van der Waals surface area contributed by atoms with Crippen LogP contribution in [-0.2, 0) is 13.3 Å². The Morgan fingerprint density at radius 1 is 0.622 bits per heavy atom. The van der Waals surface area contributed by atoms with Crippen LogP contribution in [0.1, 0.15) is 105 Å². The molecule has 0 aliphatic carbocycles. The first-order chi connectivity index (χ1) is 17.1. The Labute approximate surface area is 228 Å². The lowest BCUT2D eigenvalue weighted by atomic mass is 9.98. The molecule has 0 saturated carbocycles. The van der Waals surface area contributed by atoms with E-state index in [0.29, 0.717) is 11.8 Å². The molecule has 0 fully saturated rings. The zero-order valence-corrected chi connectivity index (χ0v) is 26.7. The van der Waals surface area contributed by atoms with Crippen LogP contribution in [0.25, 0.3) is 0 Å². The topological polar surface area (TPSA) is 46.2 Å². The number of rotatable bonds is 10. The van der Waals surface area contributed by atoms with Crippen LogP contribution in [0.4, 0.5) is 0 Å². The van der Waals surface area contributed by atoms with E-state index >= 15 is 0 Å². The highest BCUT2D eigenvalue weighted by molar-refractivity contribution is 6.75. The van der Waals surface area contributed by atoms with E-state index < -0.39 is 8.80 Å². The molecule has 2 aromatic rings. The smallest absolute Gasteiger partial charge is 0.484 e. The van der Waals surface area contributed by atoms with E-state index in [1.165, 1.54) is 11.1 Å². The van der Waals surface area contributed by atoms with E-state index in [2.05, 4.69) is 93.5 Å². The van der Waals surface area contributed by atoms with Crippen molar-refractivity contribution < 1.29 is 22.8 Å². The van der Waals surface area contributed by atoms with Crippen molar-refractivity contribution in [2.45, 2.75) is 105 Å². The molecule has 0 bridgehead atoms. The molecule has 0 aromatic heterocycles. The summed E-state index contributed by atoms with van der Waals surface area (Å²) in [5.41, 5.74) is 2.17. The van der Waals surface area contributed by atoms with Gasteiger partial charge < -0.3 is 22.8 Å². The van der Waals surface area contributed by atoms with E-state index in [1.54, 1.807) is 21.3 Å². The van der Waals surface area contributed by atoms with Crippen LogP contribution in [0.5, 0.6) is 11.5 Å². The molecule has 37 heavy (non-hydrogen) atoms. The van der Waals surface area contributed by atoms with Crippen LogP contribution >= 0.6 is 0 Å². The van der Waals surface area contributed by atoms with Gasteiger partial charge in [-0.05, 0) is 89.5 Å². The van der Waals surface area contributed by atoms with Gasteiger partial charge in [0.1, 0.15) is 11.2 Å². The summed E-state index contributed by atoms with van der Waals surface area (Å²) in [6, 6.07) is 14.7. The van der Waals surface area contributed by atoms with Crippen LogP contribution in [0, 0.1) is 0 Å². The molecule has 2 aromatic carbocycles. The highest BCUT2D eigenvalue weighted by Gasteiger charge is 2.40. The van der Waals surface area contributed by atoms with Crippen molar-refractivity contribution >= 4 is 14.0 Å². The van der Waals surface area contributed by atoms with Gasteiger partial charge in [0.2, 0.25) is 0 Å². The van der Waals surface area contributed by atoms with E-state index in [4.69, 9.17) is 22.8 Å². The lowest BCUT2D eigenvalue weighted by Crippen LogP contribution is -2.54. The Hall–Kier alpha value is -1.86. The van der Waals surface area contributed by atoms with Gasteiger partial charge in [0.05, 0.1) is 0 Å². The summed E-state index contributed by atoms with van der Waals surface area (Å²) >= 11 is 0. The maximum atomic E-state index is 6.09. The molecule has 5 nitrogen and oxygen atoms in total. The molecule has 0 amide bonds. The zero-order valence-electron chi connectivity index (χ0n) is 25.7. The van der Waals surface area contributed by atoms with Crippen LogP contribution in [0.15, 0.2) is 42.5 Å². The molecule has 0 aliphatic rings. The molecule has 0 radical (unpaired) electrons. The maximum Gasteiger partial charge on any atom is 0.536 e. The fraction of sp³-hybridized carbons (Fsp3) is 0.613. The van der Waals surface area contributed by atoms with Gasteiger partial charge in [-0.2, -0.15) is 0 Å². The van der Waals surface area contributed by atoms with Crippen molar-refractivity contribution in [2.75, 3.05) is 21.3 Å². The molecule has 0 N–H and O–H groups in total. The average molecular weight is 533 g/mol.